The van der Waals surface area contributed by atoms with Crippen molar-refractivity contribution in [2.45, 2.75) is 0 Å². The van der Waals surface area contributed by atoms with Crippen LogP contribution in [-0.2, 0) is 4.79 Å². The molecule has 1 aromatic heterocycles. The summed E-state index contributed by atoms with van der Waals surface area (Å²) in [7, 11) is 1.38. The second kappa shape index (κ2) is 5.85. The van der Waals surface area contributed by atoms with Crippen molar-refractivity contribution >= 4 is 34.7 Å². The van der Waals surface area contributed by atoms with E-state index in [1.54, 1.807) is 0 Å². The molecule has 1 aliphatic rings. The zero-order valence-corrected chi connectivity index (χ0v) is 13.1. The fourth-order valence-electron chi connectivity index (χ4n) is 2.08. The summed E-state index contributed by atoms with van der Waals surface area (Å²) in [6.45, 7) is 0. The molecule has 9 heteroatoms. The van der Waals surface area contributed by atoms with Crippen LogP contribution in [0.1, 0.15) is 5.76 Å². The molecule has 0 radical (unpaired) electrons. The van der Waals surface area contributed by atoms with Gasteiger partial charge in [-0.1, -0.05) is 0 Å². The number of nitro groups is 1. The van der Waals surface area contributed by atoms with E-state index in [1.807, 2.05) is 0 Å². The van der Waals surface area contributed by atoms with Gasteiger partial charge in [0.05, 0.1) is 15.4 Å². The van der Waals surface area contributed by atoms with Crippen LogP contribution >= 0.6 is 11.8 Å². The number of nitro benzene ring substituents is 1. The first-order valence-corrected chi connectivity index (χ1v) is 7.47. The van der Waals surface area contributed by atoms with E-state index < -0.39 is 10.8 Å². The monoisotopic (exact) mass is 346 g/mol. The van der Waals surface area contributed by atoms with Gasteiger partial charge in [-0.15, -0.1) is 0 Å². The standard InChI is InChI=1S/C15H10N2O6S/c1-16-14(19)13(24-15(16)20)7-9-3-5-12(23-9)10-6-8(17(21)22)2-4-11(10)18/h2-7,18H,1H3/b13-7-. The number of aromatic hydroxyl groups is 1. The number of nitrogens with zero attached hydrogens (tertiary/aromatic N) is 2. The zero-order valence-electron chi connectivity index (χ0n) is 12.3. The highest BCUT2D eigenvalue weighted by atomic mass is 32.2. The van der Waals surface area contributed by atoms with Crippen LogP contribution in [0.15, 0.2) is 39.7 Å². The molecule has 1 fully saturated rings. The summed E-state index contributed by atoms with van der Waals surface area (Å²) in [5.74, 6) is -0.107. The molecule has 0 bridgehead atoms. The summed E-state index contributed by atoms with van der Waals surface area (Å²) in [5, 5.41) is 20.3. The van der Waals surface area contributed by atoms with Gasteiger partial charge in [-0.25, -0.2) is 0 Å². The number of phenols is 1. The number of thioether (sulfide) groups is 1. The largest absolute Gasteiger partial charge is 0.507 e. The summed E-state index contributed by atoms with van der Waals surface area (Å²) in [4.78, 5) is 34.8. The highest BCUT2D eigenvalue weighted by Gasteiger charge is 2.32. The fraction of sp³-hybridized carbons (Fsp3) is 0.0667. The molecule has 24 heavy (non-hydrogen) atoms. The average Bonchev–Trinajstić information content (AvgIpc) is 3.09. The van der Waals surface area contributed by atoms with Crippen molar-refractivity contribution in [1.29, 1.82) is 0 Å². The summed E-state index contributed by atoms with van der Waals surface area (Å²) in [6, 6.07) is 6.63. The van der Waals surface area contributed by atoms with Crippen LogP contribution in [0.4, 0.5) is 10.5 Å². The quantitative estimate of drug-likeness (QED) is 0.515. The van der Waals surface area contributed by atoms with Crippen molar-refractivity contribution in [3.8, 4) is 17.1 Å². The minimum Gasteiger partial charge on any atom is -0.507 e. The van der Waals surface area contributed by atoms with Crippen LogP contribution in [0.25, 0.3) is 17.4 Å². The van der Waals surface area contributed by atoms with Gasteiger partial charge in [0, 0.05) is 25.3 Å². The second-order valence-corrected chi connectivity index (χ2v) is 5.89. The number of imide groups is 1. The van der Waals surface area contributed by atoms with E-state index in [1.165, 1.54) is 43.5 Å². The van der Waals surface area contributed by atoms with Crippen molar-refractivity contribution in [2.75, 3.05) is 7.05 Å². The van der Waals surface area contributed by atoms with Gasteiger partial charge >= 0.3 is 0 Å². The van der Waals surface area contributed by atoms with E-state index in [2.05, 4.69) is 0 Å². The van der Waals surface area contributed by atoms with Crippen LogP contribution in [0.5, 0.6) is 5.75 Å². The smallest absolute Gasteiger partial charge is 0.293 e. The van der Waals surface area contributed by atoms with E-state index in [4.69, 9.17) is 4.42 Å². The van der Waals surface area contributed by atoms with Gasteiger partial charge in [-0.05, 0) is 30.0 Å². The molecule has 3 rings (SSSR count). The van der Waals surface area contributed by atoms with Gasteiger partial charge in [0.15, 0.2) is 0 Å². The Morgan fingerprint density at radius 2 is 2.04 bits per heavy atom. The minimum atomic E-state index is -0.579. The number of likely N-dealkylation sites (N-methyl/N-ethyl adjacent to an activating group) is 1. The molecule has 1 aliphatic heterocycles. The number of phenolic OH excluding ortho intramolecular Hbond substituents is 1. The lowest BCUT2D eigenvalue weighted by molar-refractivity contribution is -0.384. The molecular weight excluding hydrogens is 336 g/mol. The number of carbonyl (C=O) groups excluding carboxylic acids is 2. The van der Waals surface area contributed by atoms with Crippen LogP contribution < -0.4 is 0 Å². The summed E-state index contributed by atoms with van der Waals surface area (Å²) in [5.41, 5.74) is -0.0275. The number of benzene rings is 1. The fourth-order valence-corrected chi connectivity index (χ4v) is 2.89. The molecule has 1 saturated heterocycles. The first-order valence-electron chi connectivity index (χ1n) is 6.66. The first-order chi connectivity index (χ1) is 11.4. The number of furan rings is 1. The molecule has 8 nitrogen and oxygen atoms in total. The van der Waals surface area contributed by atoms with Crippen LogP contribution in [0.2, 0.25) is 0 Å². The van der Waals surface area contributed by atoms with Gasteiger partial charge in [0.1, 0.15) is 17.3 Å². The minimum absolute atomic E-state index is 0.160. The maximum Gasteiger partial charge on any atom is 0.293 e. The van der Waals surface area contributed by atoms with Crippen LogP contribution in [0.3, 0.4) is 0 Å². The summed E-state index contributed by atoms with van der Waals surface area (Å²) < 4.78 is 5.51. The van der Waals surface area contributed by atoms with Crippen molar-refractivity contribution < 1.29 is 24.0 Å². The molecule has 1 aromatic carbocycles. The van der Waals surface area contributed by atoms with Gasteiger partial charge < -0.3 is 9.52 Å². The average molecular weight is 346 g/mol. The Morgan fingerprint density at radius 1 is 1.29 bits per heavy atom. The Hall–Kier alpha value is -3.07. The highest BCUT2D eigenvalue weighted by molar-refractivity contribution is 8.18. The topological polar surface area (TPSA) is 114 Å². The number of amides is 2. The van der Waals surface area contributed by atoms with E-state index in [0.717, 1.165) is 16.7 Å². The maximum atomic E-state index is 11.8. The molecule has 2 aromatic rings. The van der Waals surface area contributed by atoms with Crippen molar-refractivity contribution in [3.05, 3.63) is 51.1 Å². The third-order valence-corrected chi connectivity index (χ3v) is 4.30. The normalized spacial score (nSPS) is 16.2. The Kier molecular flexibility index (Phi) is 3.86. The van der Waals surface area contributed by atoms with Crippen molar-refractivity contribution in [1.82, 2.24) is 4.90 Å². The Morgan fingerprint density at radius 3 is 2.67 bits per heavy atom. The van der Waals surface area contributed by atoms with Gasteiger partial charge in [-0.2, -0.15) is 0 Å². The number of rotatable bonds is 3. The summed E-state index contributed by atoms with van der Waals surface area (Å²) >= 11 is 0.791. The first kappa shape index (κ1) is 15.8. The Bertz CT molecular complexity index is 901. The van der Waals surface area contributed by atoms with E-state index in [9.17, 15) is 24.8 Å². The van der Waals surface area contributed by atoms with Crippen molar-refractivity contribution in [2.24, 2.45) is 0 Å². The molecule has 1 N–H and O–H groups in total. The number of hydrogen-bond donors (Lipinski definition) is 1. The zero-order chi connectivity index (χ0) is 17.4. The third-order valence-electron chi connectivity index (χ3n) is 3.34. The molecule has 0 saturated carbocycles. The number of hydrogen-bond acceptors (Lipinski definition) is 7. The van der Waals surface area contributed by atoms with Gasteiger partial charge in [-0.3, -0.25) is 24.6 Å². The van der Waals surface area contributed by atoms with Gasteiger partial charge in [0.25, 0.3) is 16.8 Å². The maximum absolute atomic E-state index is 11.8. The molecule has 2 heterocycles. The molecular formula is C15H10N2O6S. The lowest BCUT2D eigenvalue weighted by Crippen LogP contribution is -2.22. The SMILES string of the molecule is CN1C(=O)S/C(=C\c2ccc(-c3cc([N+](=O)[O-])ccc3O)o2)C1=O. The lowest BCUT2D eigenvalue weighted by Gasteiger charge is -2.01. The van der Waals surface area contributed by atoms with E-state index in [-0.39, 0.29) is 38.7 Å². The Labute approximate surface area is 139 Å². The predicted molar refractivity (Wildman–Crippen MR) is 86.2 cm³/mol. The van der Waals surface area contributed by atoms with E-state index in [0.29, 0.717) is 0 Å². The molecule has 0 atom stereocenters. The van der Waals surface area contributed by atoms with E-state index >= 15 is 0 Å². The highest BCUT2D eigenvalue weighted by Crippen LogP contribution is 2.35. The van der Waals surface area contributed by atoms with Gasteiger partial charge in [0.2, 0.25) is 0 Å². The number of carbonyl (C=O) groups is 2. The molecule has 0 unspecified atom stereocenters. The summed E-state index contributed by atoms with van der Waals surface area (Å²) in [6.07, 6.45) is 1.41. The molecule has 2 amide bonds. The van der Waals surface area contributed by atoms with Crippen molar-refractivity contribution in [3.63, 3.8) is 0 Å². The second-order valence-electron chi connectivity index (χ2n) is 4.90. The Balaban J connectivity index is 1.95. The number of non-ortho nitro benzene ring substituents is 1. The molecule has 0 spiro atoms. The molecule has 0 aliphatic carbocycles. The van der Waals surface area contributed by atoms with Crippen LogP contribution in [0, 0.1) is 10.1 Å². The third kappa shape index (κ3) is 2.76. The van der Waals surface area contributed by atoms with Crippen LogP contribution in [-0.4, -0.2) is 33.1 Å². The lowest BCUT2D eigenvalue weighted by atomic mass is 10.1. The molecule has 122 valence electrons. The predicted octanol–water partition coefficient (Wildman–Crippen LogP) is 3.23.